The first-order chi connectivity index (χ1) is 13.6. The lowest BCUT2D eigenvalue weighted by Crippen LogP contribution is -2.42. The zero-order chi connectivity index (χ0) is 19.9. The maximum absolute atomic E-state index is 12.3. The average molecular weight is 380 g/mol. The molecule has 3 rings (SSSR count). The highest BCUT2D eigenvalue weighted by atomic mass is 16.3. The van der Waals surface area contributed by atoms with Crippen LogP contribution in [0.2, 0.25) is 0 Å². The molecule has 0 radical (unpaired) electrons. The lowest BCUT2D eigenvalue weighted by molar-refractivity contribution is -0.139. The Kier molecular flexibility index (Phi) is 6.69. The molecule has 1 unspecified atom stereocenters. The van der Waals surface area contributed by atoms with Crippen LogP contribution in [0.15, 0.2) is 42.5 Å². The van der Waals surface area contributed by atoms with E-state index in [1.807, 2.05) is 6.92 Å². The largest absolute Gasteiger partial charge is 0.508 e. The Morgan fingerprint density at radius 2 is 1.71 bits per heavy atom. The Balaban J connectivity index is 1.53. The summed E-state index contributed by atoms with van der Waals surface area (Å²) in [6.07, 6.45) is 5.99. The number of rotatable bonds is 6. The molecule has 0 heterocycles. The summed E-state index contributed by atoms with van der Waals surface area (Å²) in [6.45, 7) is 2.37. The van der Waals surface area contributed by atoms with Crippen molar-refractivity contribution < 1.29 is 14.7 Å². The first-order valence-electron chi connectivity index (χ1n) is 10.0. The van der Waals surface area contributed by atoms with Crippen LogP contribution >= 0.6 is 0 Å². The van der Waals surface area contributed by atoms with E-state index in [1.165, 1.54) is 24.0 Å². The van der Waals surface area contributed by atoms with Crippen molar-refractivity contribution in [2.24, 2.45) is 0 Å². The van der Waals surface area contributed by atoms with Gasteiger partial charge in [-0.1, -0.05) is 37.3 Å². The summed E-state index contributed by atoms with van der Waals surface area (Å²) in [7, 11) is 0. The average Bonchev–Trinajstić information content (AvgIpc) is 2.72. The Morgan fingerprint density at radius 1 is 1.00 bits per heavy atom. The fourth-order valence-corrected chi connectivity index (χ4v) is 3.68. The molecule has 5 heteroatoms. The van der Waals surface area contributed by atoms with Gasteiger partial charge in [-0.05, 0) is 72.9 Å². The molecule has 0 aliphatic heterocycles. The molecule has 2 amide bonds. The van der Waals surface area contributed by atoms with Crippen LogP contribution in [0, 0.1) is 0 Å². The summed E-state index contributed by atoms with van der Waals surface area (Å²) in [5, 5.41) is 14.8. The first-order valence-corrected chi connectivity index (χ1v) is 10.0. The predicted octanol–water partition coefficient (Wildman–Crippen LogP) is 3.20. The molecule has 0 saturated heterocycles. The molecule has 0 fully saturated rings. The van der Waals surface area contributed by atoms with Gasteiger partial charge in [0.05, 0.1) is 6.04 Å². The number of carbonyl (C=O) groups is 2. The van der Waals surface area contributed by atoms with Gasteiger partial charge in [-0.25, -0.2) is 0 Å². The summed E-state index contributed by atoms with van der Waals surface area (Å²) in [6, 6.07) is 13.1. The minimum Gasteiger partial charge on any atom is -0.508 e. The van der Waals surface area contributed by atoms with Gasteiger partial charge in [-0.2, -0.15) is 0 Å². The molecule has 148 valence electrons. The zero-order valence-corrected chi connectivity index (χ0v) is 16.3. The van der Waals surface area contributed by atoms with Crippen molar-refractivity contribution in [2.45, 2.75) is 51.5 Å². The van der Waals surface area contributed by atoms with Gasteiger partial charge in [0.25, 0.3) is 0 Å². The molecule has 0 spiro atoms. The topological polar surface area (TPSA) is 78.4 Å². The van der Waals surface area contributed by atoms with Gasteiger partial charge in [0, 0.05) is 6.54 Å². The second kappa shape index (κ2) is 9.40. The number of hydrogen-bond acceptors (Lipinski definition) is 3. The SMILES string of the molecule is CCC(NC(=O)C(=O)NCCc1ccc(O)cc1)c1ccc2c(c1)CCCC2. The zero-order valence-electron chi connectivity index (χ0n) is 16.3. The second-order valence-electron chi connectivity index (χ2n) is 7.34. The third-order valence-corrected chi connectivity index (χ3v) is 5.33. The van der Waals surface area contributed by atoms with E-state index in [-0.39, 0.29) is 11.8 Å². The number of benzene rings is 2. The molecule has 0 bridgehead atoms. The molecule has 2 aromatic carbocycles. The Bertz CT molecular complexity index is 830. The van der Waals surface area contributed by atoms with Crippen LogP contribution in [0.4, 0.5) is 0 Å². The van der Waals surface area contributed by atoms with Crippen molar-refractivity contribution in [3.8, 4) is 5.75 Å². The molecule has 0 aromatic heterocycles. The third-order valence-electron chi connectivity index (χ3n) is 5.33. The van der Waals surface area contributed by atoms with Gasteiger partial charge in [0.15, 0.2) is 0 Å². The number of fused-ring (bicyclic) bond motifs is 1. The highest BCUT2D eigenvalue weighted by Gasteiger charge is 2.20. The summed E-state index contributed by atoms with van der Waals surface area (Å²) >= 11 is 0. The van der Waals surface area contributed by atoms with Crippen molar-refractivity contribution in [3.63, 3.8) is 0 Å². The molecule has 5 nitrogen and oxygen atoms in total. The predicted molar refractivity (Wildman–Crippen MR) is 109 cm³/mol. The fraction of sp³-hybridized carbons (Fsp3) is 0.391. The van der Waals surface area contributed by atoms with E-state index in [1.54, 1.807) is 24.3 Å². The first kappa shape index (κ1) is 19.9. The van der Waals surface area contributed by atoms with Crippen LogP contribution in [0.3, 0.4) is 0 Å². The monoisotopic (exact) mass is 380 g/mol. The Morgan fingerprint density at radius 3 is 2.43 bits per heavy atom. The minimum atomic E-state index is -0.616. The number of nitrogens with one attached hydrogen (secondary N) is 2. The molecule has 0 saturated carbocycles. The summed E-state index contributed by atoms with van der Waals surface area (Å²) in [4.78, 5) is 24.4. The maximum atomic E-state index is 12.3. The van der Waals surface area contributed by atoms with Crippen molar-refractivity contribution in [1.29, 1.82) is 0 Å². The Hall–Kier alpha value is -2.82. The number of aromatic hydroxyl groups is 1. The van der Waals surface area contributed by atoms with Gasteiger partial charge in [0.1, 0.15) is 5.75 Å². The second-order valence-corrected chi connectivity index (χ2v) is 7.34. The molecular formula is C23H28N2O3. The summed E-state index contributed by atoms with van der Waals surface area (Å²) in [5.74, 6) is -1.01. The van der Waals surface area contributed by atoms with Gasteiger partial charge in [-0.3, -0.25) is 9.59 Å². The quantitative estimate of drug-likeness (QED) is 0.674. The van der Waals surface area contributed by atoms with Gasteiger partial charge >= 0.3 is 11.8 Å². The number of amides is 2. The summed E-state index contributed by atoms with van der Waals surface area (Å²) in [5.41, 5.74) is 4.82. The van der Waals surface area contributed by atoms with Gasteiger partial charge in [0.2, 0.25) is 0 Å². The normalized spacial score (nSPS) is 14.0. The van der Waals surface area contributed by atoms with E-state index in [0.29, 0.717) is 13.0 Å². The number of hydrogen-bond donors (Lipinski definition) is 3. The lowest BCUT2D eigenvalue weighted by atomic mass is 9.89. The van der Waals surface area contributed by atoms with E-state index in [2.05, 4.69) is 28.8 Å². The van der Waals surface area contributed by atoms with Crippen LogP contribution in [0.25, 0.3) is 0 Å². The molecule has 28 heavy (non-hydrogen) atoms. The molecule has 2 aromatic rings. The molecule has 1 aliphatic rings. The van der Waals surface area contributed by atoms with Crippen molar-refractivity contribution in [1.82, 2.24) is 10.6 Å². The van der Waals surface area contributed by atoms with E-state index in [9.17, 15) is 14.7 Å². The van der Waals surface area contributed by atoms with E-state index in [0.717, 1.165) is 30.4 Å². The van der Waals surface area contributed by atoms with E-state index in [4.69, 9.17) is 0 Å². The number of carbonyl (C=O) groups excluding carboxylic acids is 2. The van der Waals surface area contributed by atoms with Crippen LogP contribution in [-0.2, 0) is 28.9 Å². The lowest BCUT2D eigenvalue weighted by Gasteiger charge is -2.21. The fourth-order valence-electron chi connectivity index (χ4n) is 3.68. The van der Waals surface area contributed by atoms with Crippen LogP contribution in [0.5, 0.6) is 5.75 Å². The number of phenolic OH excluding ortho intramolecular Hbond substituents is 1. The Labute approximate surface area is 166 Å². The maximum Gasteiger partial charge on any atom is 0.309 e. The molecule has 3 N–H and O–H groups in total. The van der Waals surface area contributed by atoms with E-state index >= 15 is 0 Å². The highest BCUT2D eigenvalue weighted by molar-refractivity contribution is 6.35. The van der Waals surface area contributed by atoms with Gasteiger partial charge < -0.3 is 15.7 Å². The summed E-state index contributed by atoms with van der Waals surface area (Å²) < 4.78 is 0. The molecular weight excluding hydrogens is 352 g/mol. The minimum absolute atomic E-state index is 0.164. The van der Waals surface area contributed by atoms with Gasteiger partial charge in [-0.15, -0.1) is 0 Å². The molecule has 1 atom stereocenters. The highest BCUT2D eigenvalue weighted by Crippen LogP contribution is 2.26. The standard InChI is InChI=1S/C23H28N2O3/c1-2-21(19-10-9-17-5-3-4-6-18(17)15-19)25-23(28)22(27)24-14-13-16-7-11-20(26)12-8-16/h7-12,15,21,26H,2-6,13-14H2,1H3,(H,24,27)(H,25,28). The third kappa shape index (κ3) is 5.12. The van der Waals surface area contributed by atoms with Crippen molar-refractivity contribution in [3.05, 3.63) is 64.7 Å². The van der Waals surface area contributed by atoms with Crippen LogP contribution in [0.1, 0.15) is 54.5 Å². The van der Waals surface area contributed by atoms with Crippen LogP contribution in [-0.4, -0.2) is 23.5 Å². The van der Waals surface area contributed by atoms with Crippen molar-refractivity contribution in [2.75, 3.05) is 6.54 Å². The number of aryl methyl sites for hydroxylation is 2. The van der Waals surface area contributed by atoms with Crippen LogP contribution < -0.4 is 10.6 Å². The smallest absolute Gasteiger partial charge is 0.309 e. The molecule has 1 aliphatic carbocycles. The number of phenols is 1. The van der Waals surface area contributed by atoms with E-state index < -0.39 is 11.8 Å². The van der Waals surface area contributed by atoms with Crippen molar-refractivity contribution >= 4 is 11.8 Å².